The van der Waals surface area contributed by atoms with E-state index < -0.39 is 10.0 Å². The van der Waals surface area contributed by atoms with Crippen LogP contribution >= 0.6 is 11.8 Å². The van der Waals surface area contributed by atoms with Gasteiger partial charge in [-0.2, -0.15) is 8.42 Å². The van der Waals surface area contributed by atoms with E-state index in [-0.39, 0.29) is 21.2 Å². The summed E-state index contributed by atoms with van der Waals surface area (Å²) in [5.41, 5.74) is 5.97. The van der Waals surface area contributed by atoms with E-state index in [0.717, 1.165) is 11.8 Å². The van der Waals surface area contributed by atoms with Crippen molar-refractivity contribution in [3.05, 3.63) is 24.3 Å². The number of thioether (sulfide) groups is 1. The number of sulfonamides is 1. The van der Waals surface area contributed by atoms with Gasteiger partial charge in [0.15, 0.2) is 5.17 Å². The quantitative estimate of drug-likeness (QED) is 0.809. The number of amides is 1. The molecule has 0 unspecified atom stereocenters. The molecule has 0 spiro atoms. The number of hydrogen-bond donors (Lipinski definition) is 2. The number of carbonyl (C=O) groups excluding carboxylic acids is 1. The number of nitrogens with two attached hydrogens (primary N) is 1. The molecule has 2 rings (SSSR count). The van der Waals surface area contributed by atoms with Crippen LogP contribution in [0.25, 0.3) is 0 Å². The topological polar surface area (TPSA) is 102 Å². The number of benzene rings is 1. The molecule has 0 radical (unpaired) electrons. The van der Waals surface area contributed by atoms with Gasteiger partial charge in [-0.3, -0.25) is 4.79 Å². The lowest BCUT2D eigenvalue weighted by atomic mass is 10.3. The standard InChI is InChI=1S/C11H13N3O3S2/c1-2-9-10(15)13-11(18-9)14-19(16,17)8-5-3-7(12)4-6-8/h3-6,9H,2,12H2,1H3,(H,13,14,15)/t9-/m1/s1. The first-order valence-corrected chi connectivity index (χ1v) is 7.92. The monoisotopic (exact) mass is 299 g/mol. The van der Waals surface area contributed by atoms with Crippen LogP contribution < -0.4 is 11.1 Å². The van der Waals surface area contributed by atoms with Crippen LogP contribution in [0.3, 0.4) is 0 Å². The minimum atomic E-state index is -3.82. The first-order chi connectivity index (χ1) is 8.92. The third-order valence-corrected chi connectivity index (χ3v) is 5.18. The lowest BCUT2D eigenvalue weighted by Gasteiger charge is -2.00. The van der Waals surface area contributed by atoms with E-state index in [1.165, 1.54) is 24.3 Å². The summed E-state index contributed by atoms with van der Waals surface area (Å²) < 4.78 is 27.7. The Morgan fingerprint density at radius 3 is 2.53 bits per heavy atom. The van der Waals surface area contributed by atoms with Crippen molar-refractivity contribution in [2.75, 3.05) is 5.73 Å². The highest BCUT2D eigenvalue weighted by Crippen LogP contribution is 2.24. The third-order valence-electron chi connectivity index (χ3n) is 2.53. The van der Waals surface area contributed by atoms with E-state index in [9.17, 15) is 13.2 Å². The summed E-state index contributed by atoms with van der Waals surface area (Å²) in [7, 11) is -3.82. The Morgan fingerprint density at radius 1 is 1.37 bits per heavy atom. The molecule has 6 nitrogen and oxygen atoms in total. The number of nitrogens with one attached hydrogen (secondary N) is 1. The molecule has 0 aliphatic carbocycles. The summed E-state index contributed by atoms with van der Waals surface area (Å²) in [6.45, 7) is 1.86. The van der Waals surface area contributed by atoms with E-state index in [1.54, 1.807) is 0 Å². The summed E-state index contributed by atoms with van der Waals surface area (Å²) in [6, 6.07) is 5.74. The van der Waals surface area contributed by atoms with Crippen molar-refractivity contribution in [3.63, 3.8) is 0 Å². The van der Waals surface area contributed by atoms with E-state index in [2.05, 4.69) is 9.71 Å². The summed E-state index contributed by atoms with van der Waals surface area (Å²) >= 11 is 1.13. The Bertz CT molecular complexity index is 623. The van der Waals surface area contributed by atoms with E-state index >= 15 is 0 Å². The van der Waals surface area contributed by atoms with Crippen molar-refractivity contribution in [2.45, 2.75) is 23.5 Å². The van der Waals surface area contributed by atoms with Crippen molar-refractivity contribution in [1.82, 2.24) is 5.32 Å². The molecular formula is C11H13N3O3S2. The second-order valence-corrected chi connectivity index (χ2v) is 6.74. The van der Waals surface area contributed by atoms with Gasteiger partial charge in [-0.1, -0.05) is 18.7 Å². The highest BCUT2D eigenvalue weighted by Gasteiger charge is 2.30. The summed E-state index contributed by atoms with van der Waals surface area (Å²) in [5.74, 6) is -0.209. The smallest absolute Gasteiger partial charge is 0.284 e. The maximum atomic E-state index is 12.0. The summed E-state index contributed by atoms with van der Waals surface area (Å²) in [5, 5.41) is 2.30. The molecule has 0 saturated carbocycles. The van der Waals surface area contributed by atoms with E-state index in [0.29, 0.717) is 12.1 Å². The molecule has 1 amide bonds. The highest BCUT2D eigenvalue weighted by molar-refractivity contribution is 8.16. The largest absolute Gasteiger partial charge is 0.399 e. The van der Waals surface area contributed by atoms with Crippen LogP contribution in [0.15, 0.2) is 33.6 Å². The van der Waals surface area contributed by atoms with Crippen LogP contribution in [0.4, 0.5) is 5.69 Å². The van der Waals surface area contributed by atoms with Crippen molar-refractivity contribution in [2.24, 2.45) is 4.40 Å². The third kappa shape index (κ3) is 3.07. The number of anilines is 1. The molecule has 3 N–H and O–H groups in total. The number of rotatable bonds is 3. The van der Waals surface area contributed by atoms with Crippen LogP contribution in [0.1, 0.15) is 13.3 Å². The molecule has 19 heavy (non-hydrogen) atoms. The summed E-state index contributed by atoms with van der Waals surface area (Å²) in [4.78, 5) is 11.5. The molecule has 1 aliphatic rings. The van der Waals surface area contributed by atoms with Crippen LogP contribution in [-0.2, 0) is 14.8 Å². The lowest BCUT2D eigenvalue weighted by molar-refractivity contribution is -0.118. The van der Waals surface area contributed by atoms with Crippen LogP contribution in [-0.4, -0.2) is 24.7 Å². The zero-order chi connectivity index (χ0) is 14.0. The second kappa shape index (κ2) is 5.22. The van der Waals surface area contributed by atoms with Crippen molar-refractivity contribution < 1.29 is 13.2 Å². The Hall–Kier alpha value is -1.54. The van der Waals surface area contributed by atoms with E-state index in [4.69, 9.17) is 5.73 Å². The van der Waals surface area contributed by atoms with Gasteiger partial charge in [-0.05, 0) is 30.7 Å². The first-order valence-electron chi connectivity index (χ1n) is 5.60. The van der Waals surface area contributed by atoms with E-state index in [1.807, 2.05) is 6.92 Å². The fourth-order valence-electron chi connectivity index (χ4n) is 1.52. The molecule has 1 aromatic carbocycles. The fourth-order valence-corrected chi connectivity index (χ4v) is 3.60. The Labute approximate surface area is 115 Å². The normalized spacial score (nSPS) is 21.6. The fraction of sp³-hybridized carbons (Fsp3) is 0.273. The predicted octanol–water partition coefficient (Wildman–Crippen LogP) is 0.955. The maximum absolute atomic E-state index is 12.0. The molecule has 1 atom stereocenters. The van der Waals surface area contributed by atoms with Crippen molar-refractivity contribution in [1.29, 1.82) is 0 Å². The molecular weight excluding hydrogens is 286 g/mol. The average molecular weight is 299 g/mol. The van der Waals surface area contributed by atoms with Gasteiger partial charge in [0, 0.05) is 5.69 Å². The molecule has 0 bridgehead atoms. The molecule has 1 heterocycles. The number of nitrogens with zero attached hydrogens (tertiary/aromatic N) is 1. The van der Waals surface area contributed by atoms with Gasteiger partial charge in [-0.15, -0.1) is 4.40 Å². The molecule has 1 aromatic rings. The molecule has 0 aromatic heterocycles. The average Bonchev–Trinajstić information content (AvgIpc) is 2.69. The zero-order valence-corrected chi connectivity index (χ0v) is 11.8. The highest BCUT2D eigenvalue weighted by atomic mass is 32.2. The number of nitrogen functional groups attached to an aromatic ring is 1. The van der Waals surface area contributed by atoms with Gasteiger partial charge in [0.05, 0.1) is 10.1 Å². The predicted molar refractivity (Wildman–Crippen MR) is 75.3 cm³/mol. The molecule has 1 saturated heterocycles. The van der Waals surface area contributed by atoms with Gasteiger partial charge in [-0.25, -0.2) is 0 Å². The molecule has 8 heteroatoms. The molecule has 1 aliphatic heterocycles. The maximum Gasteiger partial charge on any atom is 0.284 e. The van der Waals surface area contributed by atoms with Crippen LogP contribution in [0.2, 0.25) is 0 Å². The number of hydrogen-bond acceptors (Lipinski definition) is 5. The van der Waals surface area contributed by atoms with Gasteiger partial charge >= 0.3 is 0 Å². The van der Waals surface area contributed by atoms with Crippen molar-refractivity contribution in [3.8, 4) is 0 Å². The minimum absolute atomic E-state index is 0.0454. The Balaban J connectivity index is 2.27. The zero-order valence-electron chi connectivity index (χ0n) is 10.2. The number of amidine groups is 1. The summed E-state index contributed by atoms with van der Waals surface area (Å²) in [6.07, 6.45) is 0.622. The molecule has 1 fully saturated rings. The van der Waals surface area contributed by atoms with Crippen LogP contribution in [0, 0.1) is 0 Å². The van der Waals surface area contributed by atoms with Gasteiger partial charge < -0.3 is 11.1 Å². The van der Waals surface area contributed by atoms with Gasteiger partial charge in [0.1, 0.15) is 0 Å². The minimum Gasteiger partial charge on any atom is -0.399 e. The first kappa shape index (κ1) is 13.9. The van der Waals surface area contributed by atoms with Crippen molar-refractivity contribution >= 4 is 38.5 Å². The second-order valence-electron chi connectivity index (χ2n) is 3.94. The molecule has 102 valence electrons. The Morgan fingerprint density at radius 2 is 2.00 bits per heavy atom. The van der Waals surface area contributed by atoms with Gasteiger partial charge in [0.2, 0.25) is 5.91 Å². The SMILES string of the molecule is CC[C@H]1SC(=NS(=O)(=O)c2ccc(N)cc2)NC1=O. The number of carbonyl (C=O) groups is 1. The van der Waals surface area contributed by atoms with Crippen LogP contribution in [0.5, 0.6) is 0 Å². The lowest BCUT2D eigenvalue weighted by Crippen LogP contribution is -2.24. The Kier molecular flexibility index (Phi) is 3.81. The van der Waals surface area contributed by atoms with Gasteiger partial charge in [0.25, 0.3) is 10.0 Å².